The molecule has 6 nitrogen and oxygen atoms in total. The Kier molecular flexibility index (Phi) is 4.04. The predicted molar refractivity (Wildman–Crippen MR) is 72.5 cm³/mol. The van der Waals surface area contributed by atoms with Gasteiger partial charge in [0, 0.05) is 13.1 Å². The average Bonchev–Trinajstić information content (AvgIpc) is 2.71. The molecule has 1 aliphatic heterocycles. The minimum Gasteiger partial charge on any atom is -0.397 e. The molecular weight excluding hydrogens is 246 g/mol. The van der Waals surface area contributed by atoms with E-state index in [9.17, 15) is 15.0 Å². The van der Waals surface area contributed by atoms with E-state index < -0.39 is 18.2 Å². The van der Waals surface area contributed by atoms with E-state index in [1.165, 1.54) is 0 Å². The second-order valence-electron chi connectivity index (χ2n) is 4.84. The van der Waals surface area contributed by atoms with Crippen LogP contribution < -0.4 is 11.1 Å². The number of nitrogen functional groups attached to an aromatic ring is 1. The number of aliphatic hydroxyl groups excluding tert-OH is 2. The fourth-order valence-electron chi connectivity index (χ4n) is 2.13. The number of nitrogens with two attached hydrogens (primary N) is 1. The topological polar surface area (TPSA) is 98.8 Å². The van der Waals surface area contributed by atoms with E-state index in [1.54, 1.807) is 36.1 Å². The van der Waals surface area contributed by atoms with Crippen molar-refractivity contribution in [3.8, 4) is 0 Å². The number of amides is 1. The minimum atomic E-state index is -0.794. The monoisotopic (exact) mass is 265 g/mol. The summed E-state index contributed by atoms with van der Waals surface area (Å²) in [5.41, 5.74) is 6.83. The first kappa shape index (κ1) is 13.8. The Labute approximate surface area is 111 Å². The van der Waals surface area contributed by atoms with E-state index in [0.717, 1.165) is 0 Å². The highest BCUT2D eigenvalue weighted by Crippen LogP contribution is 2.19. The van der Waals surface area contributed by atoms with Gasteiger partial charge in [-0.05, 0) is 19.1 Å². The molecule has 0 saturated carbocycles. The predicted octanol–water partition coefficient (Wildman–Crippen LogP) is -0.367. The number of carbonyl (C=O) groups excluding carboxylic acids is 1. The Morgan fingerprint density at radius 3 is 2.53 bits per heavy atom. The highest BCUT2D eigenvalue weighted by atomic mass is 16.3. The van der Waals surface area contributed by atoms with Gasteiger partial charge in [-0.25, -0.2) is 0 Å². The summed E-state index contributed by atoms with van der Waals surface area (Å²) < 4.78 is 0. The van der Waals surface area contributed by atoms with Crippen LogP contribution in [0.1, 0.15) is 6.92 Å². The van der Waals surface area contributed by atoms with Gasteiger partial charge in [-0.15, -0.1) is 0 Å². The van der Waals surface area contributed by atoms with Crippen molar-refractivity contribution < 1.29 is 15.0 Å². The molecule has 6 heteroatoms. The maximum Gasteiger partial charge on any atom is 0.241 e. The third-order valence-corrected chi connectivity index (χ3v) is 3.43. The Bertz CT molecular complexity index is 456. The van der Waals surface area contributed by atoms with E-state index in [4.69, 9.17) is 5.73 Å². The van der Waals surface area contributed by atoms with Crippen LogP contribution in [0.25, 0.3) is 0 Å². The zero-order valence-corrected chi connectivity index (χ0v) is 10.8. The number of hydrogen-bond acceptors (Lipinski definition) is 5. The highest BCUT2D eigenvalue weighted by Gasteiger charge is 2.34. The van der Waals surface area contributed by atoms with Crippen LogP contribution in [0.3, 0.4) is 0 Å². The second-order valence-corrected chi connectivity index (χ2v) is 4.84. The molecule has 1 saturated heterocycles. The number of hydrogen-bond donors (Lipinski definition) is 4. The van der Waals surface area contributed by atoms with Crippen LogP contribution in [-0.4, -0.2) is 52.4 Å². The molecule has 1 heterocycles. The average molecular weight is 265 g/mol. The third-order valence-electron chi connectivity index (χ3n) is 3.43. The third kappa shape index (κ3) is 3.04. The second kappa shape index (κ2) is 5.56. The van der Waals surface area contributed by atoms with Crippen molar-refractivity contribution in [1.29, 1.82) is 0 Å². The number of β-amino-alcohol motifs (C(OH)–C–C–N with tert-alkyl or cyclic N) is 2. The number of carbonyl (C=O) groups is 1. The van der Waals surface area contributed by atoms with Crippen LogP contribution in [0, 0.1) is 0 Å². The van der Waals surface area contributed by atoms with E-state index in [1.807, 2.05) is 0 Å². The molecule has 5 N–H and O–H groups in total. The van der Waals surface area contributed by atoms with Crippen molar-refractivity contribution in [3.63, 3.8) is 0 Å². The van der Waals surface area contributed by atoms with Crippen molar-refractivity contribution in [2.45, 2.75) is 25.2 Å². The Balaban J connectivity index is 1.99. The van der Waals surface area contributed by atoms with Gasteiger partial charge in [0.2, 0.25) is 5.91 Å². The lowest BCUT2D eigenvalue weighted by Crippen LogP contribution is -2.41. The summed E-state index contributed by atoms with van der Waals surface area (Å²) in [7, 11) is 0. The molecule has 1 aromatic carbocycles. The lowest BCUT2D eigenvalue weighted by Gasteiger charge is -2.23. The molecule has 2 rings (SSSR count). The van der Waals surface area contributed by atoms with Crippen LogP contribution in [0.15, 0.2) is 24.3 Å². The molecule has 0 aliphatic carbocycles. The minimum absolute atomic E-state index is 0.209. The number of nitrogens with one attached hydrogen (secondary N) is 1. The molecule has 0 radical (unpaired) electrons. The normalized spacial score (nSPS) is 25.2. The molecule has 3 unspecified atom stereocenters. The molecule has 3 atom stereocenters. The van der Waals surface area contributed by atoms with E-state index in [-0.39, 0.29) is 5.91 Å². The summed E-state index contributed by atoms with van der Waals surface area (Å²) in [6.07, 6.45) is -1.59. The van der Waals surface area contributed by atoms with Crippen molar-refractivity contribution >= 4 is 17.3 Å². The van der Waals surface area contributed by atoms with Gasteiger partial charge in [-0.2, -0.15) is 0 Å². The number of benzene rings is 1. The van der Waals surface area contributed by atoms with Crippen molar-refractivity contribution in [3.05, 3.63) is 24.3 Å². The van der Waals surface area contributed by atoms with Crippen molar-refractivity contribution in [2.75, 3.05) is 24.1 Å². The summed E-state index contributed by atoms with van der Waals surface area (Å²) in [5, 5.41) is 21.7. The quantitative estimate of drug-likeness (QED) is 0.559. The molecule has 1 amide bonds. The summed E-state index contributed by atoms with van der Waals surface area (Å²) in [5.74, 6) is -0.209. The van der Waals surface area contributed by atoms with Crippen LogP contribution in [-0.2, 0) is 4.79 Å². The Hall–Kier alpha value is -1.63. The molecule has 0 bridgehead atoms. The maximum absolute atomic E-state index is 12.1. The van der Waals surface area contributed by atoms with E-state index in [0.29, 0.717) is 24.5 Å². The largest absolute Gasteiger partial charge is 0.397 e. The van der Waals surface area contributed by atoms with Crippen LogP contribution in [0.5, 0.6) is 0 Å². The number of para-hydroxylation sites is 2. The first-order valence-electron chi connectivity index (χ1n) is 6.24. The summed E-state index contributed by atoms with van der Waals surface area (Å²) in [6, 6.07) is 6.59. The molecular formula is C13H19N3O3. The molecule has 19 heavy (non-hydrogen) atoms. The highest BCUT2D eigenvalue weighted by molar-refractivity contribution is 5.97. The SMILES string of the molecule is CC(C(=O)Nc1ccccc1N)N1CC(O)C(O)C1. The molecule has 1 fully saturated rings. The number of likely N-dealkylation sites (tertiary alicyclic amines) is 1. The first-order chi connectivity index (χ1) is 8.99. The molecule has 0 aromatic heterocycles. The van der Waals surface area contributed by atoms with Gasteiger partial charge in [-0.3, -0.25) is 9.69 Å². The number of rotatable bonds is 3. The standard InChI is InChI=1S/C13H19N3O3/c1-8(16-6-11(17)12(18)7-16)13(19)15-10-5-3-2-4-9(10)14/h2-5,8,11-12,17-18H,6-7,14H2,1H3,(H,15,19). The first-order valence-corrected chi connectivity index (χ1v) is 6.24. The molecule has 0 spiro atoms. The van der Waals surface area contributed by atoms with Gasteiger partial charge < -0.3 is 21.3 Å². The smallest absolute Gasteiger partial charge is 0.241 e. The molecule has 1 aliphatic rings. The maximum atomic E-state index is 12.1. The summed E-state index contributed by atoms with van der Waals surface area (Å²) in [6.45, 7) is 2.32. The van der Waals surface area contributed by atoms with Crippen LogP contribution >= 0.6 is 0 Å². The summed E-state index contributed by atoms with van der Waals surface area (Å²) in [4.78, 5) is 13.8. The van der Waals surface area contributed by atoms with E-state index >= 15 is 0 Å². The zero-order chi connectivity index (χ0) is 14.0. The van der Waals surface area contributed by atoms with Crippen LogP contribution in [0.4, 0.5) is 11.4 Å². The molecule has 104 valence electrons. The number of anilines is 2. The van der Waals surface area contributed by atoms with Gasteiger partial charge >= 0.3 is 0 Å². The van der Waals surface area contributed by atoms with Crippen LogP contribution in [0.2, 0.25) is 0 Å². The fourth-order valence-corrected chi connectivity index (χ4v) is 2.13. The van der Waals surface area contributed by atoms with Gasteiger partial charge in [0.15, 0.2) is 0 Å². The van der Waals surface area contributed by atoms with Gasteiger partial charge in [0.1, 0.15) is 0 Å². The van der Waals surface area contributed by atoms with Gasteiger partial charge in [-0.1, -0.05) is 12.1 Å². The summed E-state index contributed by atoms with van der Waals surface area (Å²) >= 11 is 0. The van der Waals surface area contributed by atoms with Gasteiger partial charge in [0.25, 0.3) is 0 Å². The van der Waals surface area contributed by atoms with Gasteiger partial charge in [0.05, 0.1) is 29.6 Å². The fraction of sp³-hybridized carbons (Fsp3) is 0.462. The lowest BCUT2D eigenvalue weighted by atomic mass is 10.2. The number of nitrogens with zero attached hydrogens (tertiary/aromatic N) is 1. The van der Waals surface area contributed by atoms with Crippen molar-refractivity contribution in [1.82, 2.24) is 4.90 Å². The van der Waals surface area contributed by atoms with E-state index in [2.05, 4.69) is 5.32 Å². The zero-order valence-electron chi connectivity index (χ0n) is 10.8. The molecule has 1 aromatic rings. The Morgan fingerprint density at radius 1 is 1.37 bits per heavy atom. The number of aliphatic hydroxyl groups is 2. The lowest BCUT2D eigenvalue weighted by molar-refractivity contribution is -0.120. The van der Waals surface area contributed by atoms with Crippen molar-refractivity contribution in [2.24, 2.45) is 0 Å². The Morgan fingerprint density at radius 2 is 1.95 bits per heavy atom.